The van der Waals surface area contributed by atoms with Crippen molar-refractivity contribution in [2.24, 2.45) is 0 Å². The van der Waals surface area contributed by atoms with E-state index in [1.54, 1.807) is 7.11 Å². The predicted octanol–water partition coefficient (Wildman–Crippen LogP) is 3.66. The molecule has 3 rings (SSSR count). The molecule has 0 saturated carbocycles. The van der Waals surface area contributed by atoms with Crippen LogP contribution in [0.4, 0.5) is 0 Å². The number of benzene rings is 1. The molecular weight excluding hydrogens is 264 g/mol. The minimum atomic E-state index is -0.373. The van der Waals surface area contributed by atoms with E-state index in [0.717, 1.165) is 35.6 Å². The van der Waals surface area contributed by atoms with Gasteiger partial charge in [0.25, 0.3) is 0 Å². The lowest BCUT2D eigenvalue weighted by Gasteiger charge is -2.31. The van der Waals surface area contributed by atoms with Crippen LogP contribution in [0.1, 0.15) is 24.8 Å². The summed E-state index contributed by atoms with van der Waals surface area (Å²) in [6, 6.07) is 5.81. The molecule has 19 heavy (non-hydrogen) atoms. The minimum absolute atomic E-state index is 0.373. The Balaban J connectivity index is 1.82. The summed E-state index contributed by atoms with van der Waals surface area (Å²) >= 11 is 6.31. The van der Waals surface area contributed by atoms with Gasteiger partial charge in [-0.05, 0) is 35.8 Å². The molecule has 1 heterocycles. The summed E-state index contributed by atoms with van der Waals surface area (Å²) in [5, 5.41) is 0.731. The summed E-state index contributed by atoms with van der Waals surface area (Å²) in [5.74, 6) is 0.409. The van der Waals surface area contributed by atoms with E-state index < -0.39 is 0 Å². The highest BCUT2D eigenvalue weighted by Crippen LogP contribution is 2.40. The van der Waals surface area contributed by atoms with Crippen molar-refractivity contribution in [1.82, 2.24) is 0 Å². The first kappa shape index (κ1) is 13.0. The second-order valence-corrected chi connectivity index (χ2v) is 5.29. The molecule has 0 N–H and O–H groups in total. The van der Waals surface area contributed by atoms with Gasteiger partial charge in [-0.3, -0.25) is 0 Å². The van der Waals surface area contributed by atoms with Crippen LogP contribution in [0.15, 0.2) is 24.3 Å². The molecule has 1 spiro atoms. The maximum Gasteiger partial charge on any atom is 0.172 e. The Kier molecular flexibility index (Phi) is 3.52. The van der Waals surface area contributed by atoms with Crippen molar-refractivity contribution in [3.05, 3.63) is 34.9 Å². The molecular formula is C15H17ClO3. The third-order valence-corrected chi connectivity index (χ3v) is 4.08. The Morgan fingerprint density at radius 2 is 2.05 bits per heavy atom. The Morgan fingerprint density at radius 3 is 2.63 bits per heavy atom. The molecule has 1 saturated heterocycles. The maximum atomic E-state index is 6.31. The van der Waals surface area contributed by atoms with Gasteiger partial charge in [0.1, 0.15) is 5.75 Å². The van der Waals surface area contributed by atoms with Crippen LogP contribution in [0.5, 0.6) is 5.75 Å². The highest BCUT2D eigenvalue weighted by molar-refractivity contribution is 6.32. The first-order valence-corrected chi connectivity index (χ1v) is 6.91. The number of methoxy groups -OCH3 is 1. The molecule has 1 aromatic rings. The second kappa shape index (κ2) is 5.16. The van der Waals surface area contributed by atoms with Gasteiger partial charge in [0.05, 0.1) is 25.3 Å². The first-order chi connectivity index (χ1) is 9.22. The summed E-state index contributed by atoms with van der Waals surface area (Å²) in [5.41, 5.74) is 2.34. The average molecular weight is 281 g/mol. The zero-order valence-electron chi connectivity index (χ0n) is 10.9. The molecule has 3 nitrogen and oxygen atoms in total. The van der Waals surface area contributed by atoms with Crippen LogP contribution in [0.25, 0.3) is 5.57 Å². The molecule has 0 radical (unpaired) electrons. The van der Waals surface area contributed by atoms with Crippen molar-refractivity contribution in [1.29, 1.82) is 0 Å². The molecule has 0 bridgehead atoms. The van der Waals surface area contributed by atoms with Crippen molar-refractivity contribution in [3.8, 4) is 5.75 Å². The Morgan fingerprint density at radius 1 is 1.26 bits per heavy atom. The largest absolute Gasteiger partial charge is 0.497 e. The fraction of sp³-hybridized carbons (Fsp3) is 0.467. The molecule has 0 atom stereocenters. The van der Waals surface area contributed by atoms with Crippen LogP contribution in [-0.2, 0) is 9.47 Å². The standard InChI is InChI=1S/C15H17ClO3/c1-17-12-2-3-13(14(16)10-12)11-4-6-15(7-5-11)18-8-9-19-15/h2-4,10H,5-9H2,1H3. The van der Waals surface area contributed by atoms with Crippen molar-refractivity contribution in [2.45, 2.75) is 25.0 Å². The van der Waals surface area contributed by atoms with Gasteiger partial charge in [-0.1, -0.05) is 17.7 Å². The molecule has 102 valence electrons. The van der Waals surface area contributed by atoms with Crippen LogP contribution in [0.2, 0.25) is 5.02 Å². The Hall–Kier alpha value is -1.03. The SMILES string of the molecule is COc1ccc(C2=CCC3(CC2)OCCO3)c(Cl)c1. The van der Waals surface area contributed by atoms with Gasteiger partial charge in [-0.25, -0.2) is 0 Å². The van der Waals surface area contributed by atoms with Gasteiger partial charge in [0.15, 0.2) is 5.79 Å². The number of allylic oxidation sites excluding steroid dienone is 1. The number of hydrogen-bond acceptors (Lipinski definition) is 3. The smallest absolute Gasteiger partial charge is 0.172 e. The second-order valence-electron chi connectivity index (χ2n) is 4.89. The van der Waals surface area contributed by atoms with Gasteiger partial charge in [0.2, 0.25) is 0 Å². The molecule has 0 amide bonds. The van der Waals surface area contributed by atoms with Gasteiger partial charge in [-0.15, -0.1) is 0 Å². The normalized spacial score (nSPS) is 21.5. The minimum Gasteiger partial charge on any atom is -0.497 e. The maximum absolute atomic E-state index is 6.31. The highest BCUT2D eigenvalue weighted by atomic mass is 35.5. The van der Waals surface area contributed by atoms with Crippen LogP contribution >= 0.6 is 11.6 Å². The zero-order chi connectivity index (χ0) is 13.3. The first-order valence-electron chi connectivity index (χ1n) is 6.53. The lowest BCUT2D eigenvalue weighted by Crippen LogP contribution is -2.31. The van der Waals surface area contributed by atoms with Crippen LogP contribution in [0.3, 0.4) is 0 Å². The summed E-state index contributed by atoms with van der Waals surface area (Å²) in [4.78, 5) is 0. The van der Waals surface area contributed by atoms with E-state index in [1.807, 2.05) is 18.2 Å². The van der Waals surface area contributed by atoms with Crippen LogP contribution in [-0.4, -0.2) is 26.1 Å². The molecule has 2 aliphatic rings. The van der Waals surface area contributed by atoms with Gasteiger partial charge >= 0.3 is 0 Å². The monoisotopic (exact) mass is 280 g/mol. The van der Waals surface area contributed by atoms with E-state index in [-0.39, 0.29) is 5.79 Å². The molecule has 4 heteroatoms. The summed E-state index contributed by atoms with van der Waals surface area (Å²) in [6.07, 6.45) is 4.79. The Labute approximate surface area is 118 Å². The van der Waals surface area contributed by atoms with Crippen LogP contribution in [0, 0.1) is 0 Å². The molecule has 1 aromatic carbocycles. The van der Waals surface area contributed by atoms with E-state index >= 15 is 0 Å². The van der Waals surface area contributed by atoms with E-state index in [9.17, 15) is 0 Å². The van der Waals surface area contributed by atoms with Gasteiger partial charge in [0, 0.05) is 12.8 Å². The molecule has 0 unspecified atom stereocenters. The average Bonchev–Trinajstić information content (AvgIpc) is 2.88. The number of halogens is 1. The van der Waals surface area contributed by atoms with Gasteiger partial charge < -0.3 is 14.2 Å². The van der Waals surface area contributed by atoms with Crippen molar-refractivity contribution in [3.63, 3.8) is 0 Å². The van der Waals surface area contributed by atoms with E-state index in [4.69, 9.17) is 25.8 Å². The summed E-state index contributed by atoms with van der Waals surface area (Å²) in [7, 11) is 1.64. The highest BCUT2D eigenvalue weighted by Gasteiger charge is 2.37. The number of hydrogen-bond donors (Lipinski definition) is 0. The van der Waals surface area contributed by atoms with Crippen molar-refractivity contribution < 1.29 is 14.2 Å². The molecule has 0 aromatic heterocycles. The topological polar surface area (TPSA) is 27.7 Å². The van der Waals surface area contributed by atoms with E-state index in [2.05, 4.69) is 6.08 Å². The molecule has 1 aliphatic carbocycles. The fourth-order valence-corrected chi connectivity index (χ4v) is 2.99. The fourth-order valence-electron chi connectivity index (χ4n) is 2.69. The van der Waals surface area contributed by atoms with E-state index in [1.165, 1.54) is 5.57 Å². The summed E-state index contributed by atoms with van der Waals surface area (Å²) < 4.78 is 16.6. The summed E-state index contributed by atoms with van der Waals surface area (Å²) in [6.45, 7) is 1.40. The van der Waals surface area contributed by atoms with Crippen molar-refractivity contribution >= 4 is 17.2 Å². The van der Waals surface area contributed by atoms with E-state index in [0.29, 0.717) is 13.2 Å². The number of ether oxygens (including phenoxy) is 3. The number of rotatable bonds is 2. The zero-order valence-corrected chi connectivity index (χ0v) is 11.7. The quantitative estimate of drug-likeness (QED) is 0.827. The lowest BCUT2D eigenvalue weighted by atomic mass is 9.90. The predicted molar refractivity (Wildman–Crippen MR) is 74.5 cm³/mol. The van der Waals surface area contributed by atoms with Crippen LogP contribution < -0.4 is 4.74 Å². The molecule has 1 aliphatic heterocycles. The molecule has 1 fully saturated rings. The van der Waals surface area contributed by atoms with Crippen molar-refractivity contribution in [2.75, 3.05) is 20.3 Å². The van der Waals surface area contributed by atoms with Gasteiger partial charge in [-0.2, -0.15) is 0 Å². The third kappa shape index (κ3) is 2.50. The third-order valence-electron chi connectivity index (χ3n) is 3.77. The Bertz CT molecular complexity index is 504. The lowest BCUT2D eigenvalue weighted by molar-refractivity contribution is -0.159.